The summed E-state index contributed by atoms with van der Waals surface area (Å²) in [6.45, 7) is 3.04. The summed E-state index contributed by atoms with van der Waals surface area (Å²) in [7, 11) is 3.42. The van der Waals surface area contributed by atoms with E-state index in [0.29, 0.717) is 0 Å². The van der Waals surface area contributed by atoms with Gasteiger partial charge in [-0.1, -0.05) is 13.0 Å². The minimum atomic E-state index is 0.223. The highest BCUT2D eigenvalue weighted by Crippen LogP contribution is 2.36. The molecule has 0 bridgehead atoms. The van der Waals surface area contributed by atoms with E-state index < -0.39 is 0 Å². The number of nitrogens with one attached hydrogen (secondary N) is 1. The number of methoxy groups -OCH3 is 2. The Morgan fingerprint density at radius 1 is 1.14 bits per heavy atom. The summed E-state index contributed by atoms with van der Waals surface area (Å²) in [5.41, 5.74) is 2.50. The fourth-order valence-corrected chi connectivity index (χ4v) is 3.27. The number of hydrogen-bond donors (Lipinski definition) is 1. The van der Waals surface area contributed by atoms with Gasteiger partial charge in [0.1, 0.15) is 11.5 Å². The smallest absolute Gasteiger partial charge is 0.127 e. The van der Waals surface area contributed by atoms with Crippen LogP contribution in [0.25, 0.3) is 0 Å². The number of rotatable bonds is 8. The molecule has 0 saturated heterocycles. The molecule has 0 aliphatic rings. The number of aryl methyl sites for hydroxylation is 1. The Morgan fingerprint density at radius 2 is 1.86 bits per heavy atom. The van der Waals surface area contributed by atoms with Gasteiger partial charge in [0.15, 0.2) is 0 Å². The van der Waals surface area contributed by atoms with Crippen LogP contribution in [0.5, 0.6) is 11.5 Å². The van der Waals surface area contributed by atoms with Crippen molar-refractivity contribution in [1.29, 1.82) is 0 Å². The highest BCUT2D eigenvalue weighted by atomic mass is 32.1. The molecule has 3 nitrogen and oxygen atoms in total. The largest absolute Gasteiger partial charge is 0.496 e. The second kappa shape index (κ2) is 8.05. The Bertz CT molecular complexity index is 517. The first-order valence-corrected chi connectivity index (χ1v) is 8.19. The second-order valence-corrected chi connectivity index (χ2v) is 5.64. The van der Waals surface area contributed by atoms with E-state index in [1.54, 1.807) is 25.6 Å². The van der Waals surface area contributed by atoms with E-state index in [4.69, 9.17) is 9.47 Å². The van der Waals surface area contributed by atoms with Crippen molar-refractivity contribution >= 4 is 11.3 Å². The van der Waals surface area contributed by atoms with Crippen LogP contribution in [0.15, 0.2) is 35.0 Å². The molecule has 0 spiro atoms. The van der Waals surface area contributed by atoms with Crippen LogP contribution < -0.4 is 14.8 Å². The Balaban J connectivity index is 2.24. The van der Waals surface area contributed by atoms with E-state index in [9.17, 15) is 0 Å². The molecule has 1 N–H and O–H groups in total. The van der Waals surface area contributed by atoms with Crippen LogP contribution in [0, 0.1) is 0 Å². The van der Waals surface area contributed by atoms with E-state index in [0.717, 1.165) is 36.4 Å². The summed E-state index contributed by atoms with van der Waals surface area (Å²) in [6, 6.07) is 8.36. The van der Waals surface area contributed by atoms with Crippen molar-refractivity contribution in [2.24, 2.45) is 0 Å². The maximum atomic E-state index is 5.53. The Hall–Kier alpha value is -1.52. The molecule has 0 aliphatic heterocycles. The predicted octanol–water partition coefficient (Wildman–Crippen LogP) is 4.05. The average Bonchev–Trinajstić information content (AvgIpc) is 3.04. The summed E-state index contributed by atoms with van der Waals surface area (Å²) in [5, 5.41) is 7.89. The topological polar surface area (TPSA) is 30.5 Å². The van der Waals surface area contributed by atoms with Crippen molar-refractivity contribution in [3.05, 3.63) is 46.2 Å². The standard InChI is InChI=1S/C17H23NO2S/c1-4-18-14(9-8-13-10-11-21-12-13)17-15(19-2)6-5-7-16(17)20-3/h5-7,10-12,14,18H,4,8-9H2,1-3H3. The van der Waals surface area contributed by atoms with Gasteiger partial charge in [0.05, 0.1) is 19.8 Å². The molecule has 2 aromatic rings. The molecule has 1 atom stereocenters. The van der Waals surface area contributed by atoms with Crippen molar-refractivity contribution < 1.29 is 9.47 Å². The fraction of sp³-hybridized carbons (Fsp3) is 0.412. The quantitative estimate of drug-likeness (QED) is 0.798. The molecule has 4 heteroatoms. The van der Waals surface area contributed by atoms with Crippen LogP contribution in [0.3, 0.4) is 0 Å². The van der Waals surface area contributed by atoms with Crippen LogP contribution in [0.2, 0.25) is 0 Å². The van der Waals surface area contributed by atoms with Crippen LogP contribution >= 0.6 is 11.3 Å². The van der Waals surface area contributed by atoms with Gasteiger partial charge < -0.3 is 14.8 Å². The third-order valence-corrected chi connectivity index (χ3v) is 4.30. The molecule has 1 unspecified atom stereocenters. The average molecular weight is 305 g/mol. The molecule has 114 valence electrons. The lowest BCUT2D eigenvalue weighted by Gasteiger charge is -2.23. The Labute approximate surface area is 130 Å². The normalized spacial score (nSPS) is 12.1. The van der Waals surface area contributed by atoms with Crippen molar-refractivity contribution in [2.75, 3.05) is 20.8 Å². The maximum Gasteiger partial charge on any atom is 0.127 e. The van der Waals surface area contributed by atoms with E-state index in [-0.39, 0.29) is 6.04 Å². The molecule has 0 aliphatic carbocycles. The number of hydrogen-bond acceptors (Lipinski definition) is 4. The summed E-state index contributed by atoms with van der Waals surface area (Å²) < 4.78 is 11.1. The molecule has 1 aromatic heterocycles. The van der Waals surface area contributed by atoms with Crippen molar-refractivity contribution in [3.8, 4) is 11.5 Å². The summed E-state index contributed by atoms with van der Waals surface area (Å²) in [4.78, 5) is 0. The van der Waals surface area contributed by atoms with Crippen molar-refractivity contribution in [3.63, 3.8) is 0 Å². The Kier molecular flexibility index (Phi) is 6.08. The molecule has 1 heterocycles. The third-order valence-electron chi connectivity index (χ3n) is 3.57. The number of benzene rings is 1. The van der Waals surface area contributed by atoms with E-state index in [1.165, 1.54) is 5.56 Å². The Morgan fingerprint density at radius 3 is 2.38 bits per heavy atom. The van der Waals surface area contributed by atoms with Gasteiger partial charge in [0, 0.05) is 6.04 Å². The van der Waals surface area contributed by atoms with Crippen molar-refractivity contribution in [1.82, 2.24) is 5.32 Å². The summed E-state index contributed by atoms with van der Waals surface area (Å²) >= 11 is 1.75. The first kappa shape index (κ1) is 15.9. The zero-order chi connectivity index (χ0) is 15.1. The lowest BCUT2D eigenvalue weighted by atomic mass is 9.98. The zero-order valence-corrected chi connectivity index (χ0v) is 13.7. The molecule has 0 fully saturated rings. The highest BCUT2D eigenvalue weighted by Gasteiger charge is 2.20. The van der Waals surface area contributed by atoms with Crippen LogP contribution in [-0.4, -0.2) is 20.8 Å². The third kappa shape index (κ3) is 3.99. The zero-order valence-electron chi connectivity index (χ0n) is 12.9. The van der Waals surface area contributed by atoms with Crippen LogP contribution in [-0.2, 0) is 6.42 Å². The van der Waals surface area contributed by atoms with Gasteiger partial charge in [0.25, 0.3) is 0 Å². The molecule has 1 aromatic carbocycles. The van der Waals surface area contributed by atoms with Gasteiger partial charge in [-0.3, -0.25) is 0 Å². The lowest BCUT2D eigenvalue weighted by molar-refractivity contribution is 0.367. The molecule has 0 saturated carbocycles. The van der Waals surface area contributed by atoms with E-state index >= 15 is 0 Å². The summed E-state index contributed by atoms with van der Waals surface area (Å²) in [5.74, 6) is 1.76. The van der Waals surface area contributed by atoms with Gasteiger partial charge in [0.2, 0.25) is 0 Å². The van der Waals surface area contributed by atoms with Gasteiger partial charge in [-0.15, -0.1) is 0 Å². The fourth-order valence-electron chi connectivity index (χ4n) is 2.56. The first-order valence-electron chi connectivity index (χ1n) is 7.25. The molecule has 2 rings (SSSR count). The SMILES string of the molecule is CCNC(CCc1ccsc1)c1c(OC)cccc1OC. The van der Waals surface area contributed by atoms with E-state index in [1.807, 2.05) is 18.2 Å². The molecule has 0 radical (unpaired) electrons. The number of thiophene rings is 1. The van der Waals surface area contributed by atoms with Crippen LogP contribution in [0.1, 0.15) is 30.5 Å². The monoisotopic (exact) mass is 305 g/mol. The van der Waals surface area contributed by atoms with Gasteiger partial charge in [-0.2, -0.15) is 11.3 Å². The summed E-state index contributed by atoms with van der Waals surface area (Å²) in [6.07, 6.45) is 2.06. The predicted molar refractivity (Wildman–Crippen MR) is 88.6 cm³/mol. The molecule has 0 amide bonds. The van der Waals surface area contributed by atoms with Crippen LogP contribution in [0.4, 0.5) is 0 Å². The molecular formula is C17H23NO2S. The van der Waals surface area contributed by atoms with Gasteiger partial charge in [-0.05, 0) is 53.9 Å². The second-order valence-electron chi connectivity index (χ2n) is 4.86. The lowest BCUT2D eigenvalue weighted by Crippen LogP contribution is -2.22. The number of ether oxygens (including phenoxy) is 2. The maximum absolute atomic E-state index is 5.53. The first-order chi connectivity index (χ1) is 10.3. The minimum Gasteiger partial charge on any atom is -0.496 e. The van der Waals surface area contributed by atoms with E-state index in [2.05, 4.69) is 29.1 Å². The molecule has 21 heavy (non-hydrogen) atoms. The highest BCUT2D eigenvalue weighted by molar-refractivity contribution is 7.07. The van der Waals surface area contributed by atoms with Gasteiger partial charge >= 0.3 is 0 Å². The van der Waals surface area contributed by atoms with Gasteiger partial charge in [-0.25, -0.2) is 0 Å². The van der Waals surface area contributed by atoms with Crippen molar-refractivity contribution in [2.45, 2.75) is 25.8 Å². The molecular weight excluding hydrogens is 282 g/mol. The minimum absolute atomic E-state index is 0.223.